The van der Waals surface area contributed by atoms with E-state index in [9.17, 15) is 9.90 Å². The van der Waals surface area contributed by atoms with E-state index < -0.39 is 0 Å². The molecule has 2 N–H and O–H groups in total. The van der Waals surface area contributed by atoms with Crippen LogP contribution in [0.2, 0.25) is 0 Å². The number of aromatic hydroxyl groups is 1. The lowest BCUT2D eigenvalue weighted by atomic mass is 10.0. The lowest BCUT2D eigenvalue weighted by Crippen LogP contribution is -2.10. The van der Waals surface area contributed by atoms with Gasteiger partial charge in [-0.15, -0.1) is 0 Å². The molecule has 0 saturated carbocycles. The molecule has 4 aromatic rings. The molecular weight excluding hydrogens is 302 g/mol. The number of benzene rings is 3. The van der Waals surface area contributed by atoms with Crippen LogP contribution in [-0.4, -0.2) is 15.9 Å². The van der Waals surface area contributed by atoms with Crippen LogP contribution in [-0.2, 0) is 0 Å². The second kappa shape index (κ2) is 4.52. The third-order valence-electron chi connectivity index (χ3n) is 4.32. The van der Waals surface area contributed by atoms with Crippen LogP contribution in [0.4, 0.5) is 5.69 Å². The Kier molecular flexibility index (Phi) is 2.45. The Morgan fingerprint density at radius 1 is 0.875 bits per heavy atom. The van der Waals surface area contributed by atoms with Crippen molar-refractivity contribution in [2.45, 2.75) is 0 Å². The molecule has 24 heavy (non-hydrogen) atoms. The zero-order chi connectivity index (χ0) is 16.3. The molecule has 5 rings (SSSR count). The first-order chi connectivity index (χ1) is 11.7. The predicted octanol–water partition coefficient (Wildman–Crippen LogP) is 2.82. The van der Waals surface area contributed by atoms with E-state index in [-0.39, 0.29) is 11.4 Å². The highest BCUT2D eigenvalue weighted by Crippen LogP contribution is 2.32. The quantitative estimate of drug-likeness (QED) is 0.567. The van der Waals surface area contributed by atoms with Crippen LogP contribution in [0, 0.1) is 0 Å². The fourth-order valence-corrected chi connectivity index (χ4v) is 3.24. The topological polar surface area (TPSA) is 77.8 Å². The Balaban J connectivity index is 1.93. The highest BCUT2D eigenvalue weighted by molar-refractivity contribution is 6.14. The van der Waals surface area contributed by atoms with Crippen LogP contribution in [0.3, 0.4) is 0 Å². The number of nitrogens with one attached hydrogen (secondary N) is 1. The first kappa shape index (κ1) is 13.0. The van der Waals surface area contributed by atoms with Crippen molar-refractivity contribution in [2.75, 3.05) is 0 Å². The molecule has 5 nitrogen and oxygen atoms in total. The number of H-pyrrole nitrogens is 1. The molecule has 0 spiro atoms. The first-order valence-corrected chi connectivity index (χ1v) is 7.55. The average Bonchev–Trinajstić information content (AvgIpc) is 3.04. The third kappa shape index (κ3) is 1.66. The van der Waals surface area contributed by atoms with Gasteiger partial charge in [-0.1, -0.05) is 42.5 Å². The van der Waals surface area contributed by atoms with Crippen LogP contribution >= 0.6 is 0 Å². The summed E-state index contributed by atoms with van der Waals surface area (Å²) < 4.78 is 0. The van der Waals surface area contributed by atoms with Gasteiger partial charge in [0.1, 0.15) is 0 Å². The molecule has 0 fully saturated rings. The van der Waals surface area contributed by atoms with Gasteiger partial charge in [0.05, 0.1) is 11.0 Å². The van der Waals surface area contributed by atoms with Gasteiger partial charge in [0.2, 0.25) is 0 Å². The Hall–Kier alpha value is -3.47. The third-order valence-corrected chi connectivity index (χ3v) is 4.32. The van der Waals surface area contributed by atoms with Crippen LogP contribution in [0.5, 0.6) is 5.88 Å². The maximum Gasteiger partial charge on any atom is 0.258 e. The van der Waals surface area contributed by atoms with Crippen LogP contribution < -0.4 is 10.9 Å². The summed E-state index contributed by atoms with van der Waals surface area (Å²) in [6.07, 6.45) is 0. The van der Waals surface area contributed by atoms with Gasteiger partial charge in [0.25, 0.3) is 5.56 Å². The molecule has 0 radical (unpaired) electrons. The summed E-state index contributed by atoms with van der Waals surface area (Å²) in [6.45, 7) is 0. The van der Waals surface area contributed by atoms with E-state index in [4.69, 9.17) is 0 Å². The molecular formula is C19H11N3O2. The fourth-order valence-electron chi connectivity index (χ4n) is 3.24. The summed E-state index contributed by atoms with van der Waals surface area (Å²) in [4.78, 5) is 23.9. The van der Waals surface area contributed by atoms with E-state index >= 15 is 0 Å². The van der Waals surface area contributed by atoms with E-state index in [1.807, 2.05) is 42.5 Å². The largest absolute Gasteiger partial charge is 0.494 e. The Morgan fingerprint density at radius 3 is 2.50 bits per heavy atom. The van der Waals surface area contributed by atoms with Crippen molar-refractivity contribution in [2.24, 2.45) is 9.98 Å². The lowest BCUT2D eigenvalue weighted by Gasteiger charge is -2.07. The van der Waals surface area contributed by atoms with Crippen LogP contribution in [0.1, 0.15) is 5.56 Å². The standard InChI is InChI=1S/C19H11N3O2/c23-18-12-8-4-7-11-15(12)13(19(24)22-18)9-14-16(11)21-17(20-14)10-5-2-1-3-6-10/h1-9H,(H2,22,23,24). The number of amidine groups is 1. The van der Waals surface area contributed by atoms with Crippen molar-refractivity contribution in [3.05, 3.63) is 75.9 Å². The number of rotatable bonds is 1. The van der Waals surface area contributed by atoms with Gasteiger partial charge in [-0.3, -0.25) is 9.78 Å². The number of pyridine rings is 1. The fraction of sp³-hybridized carbons (Fsp3) is 0. The SMILES string of the molecule is O=c1[nH]c(O)c2cc3c(c4cccc1c24)=NC(c1ccccc1)=N3. The molecule has 0 amide bonds. The summed E-state index contributed by atoms with van der Waals surface area (Å²) in [7, 11) is 0. The summed E-state index contributed by atoms with van der Waals surface area (Å²) >= 11 is 0. The maximum absolute atomic E-state index is 12.1. The van der Waals surface area contributed by atoms with Gasteiger partial charge in [-0.25, -0.2) is 9.98 Å². The van der Waals surface area contributed by atoms with Gasteiger partial charge < -0.3 is 5.11 Å². The van der Waals surface area contributed by atoms with E-state index in [0.717, 1.165) is 16.3 Å². The molecule has 0 atom stereocenters. The number of nitrogens with zero attached hydrogens (tertiary/aromatic N) is 2. The van der Waals surface area contributed by atoms with Crippen molar-refractivity contribution >= 4 is 33.1 Å². The average molecular weight is 313 g/mol. The molecule has 1 aliphatic rings. The number of aromatic nitrogens is 1. The molecule has 0 aliphatic carbocycles. The Bertz CT molecular complexity index is 1270. The number of hydrogen-bond acceptors (Lipinski definition) is 4. The highest BCUT2D eigenvalue weighted by atomic mass is 16.3. The van der Waals surface area contributed by atoms with Gasteiger partial charge in [-0.05, 0) is 12.1 Å². The van der Waals surface area contributed by atoms with E-state index in [1.54, 1.807) is 12.1 Å². The zero-order valence-corrected chi connectivity index (χ0v) is 12.4. The van der Waals surface area contributed by atoms with Crippen molar-refractivity contribution < 1.29 is 5.11 Å². The van der Waals surface area contributed by atoms with Gasteiger partial charge in [0.15, 0.2) is 11.7 Å². The molecule has 1 aliphatic heterocycles. The zero-order valence-electron chi connectivity index (χ0n) is 12.4. The number of aliphatic imine (C=N–C) groups is 1. The predicted molar refractivity (Wildman–Crippen MR) is 93.1 cm³/mol. The van der Waals surface area contributed by atoms with Crippen molar-refractivity contribution in [3.63, 3.8) is 0 Å². The minimum atomic E-state index is -0.312. The molecule has 0 bridgehead atoms. The van der Waals surface area contributed by atoms with Crippen LogP contribution in [0.25, 0.3) is 21.5 Å². The summed E-state index contributed by atoms with van der Waals surface area (Å²) in [5.41, 5.74) is 1.31. The summed E-state index contributed by atoms with van der Waals surface area (Å²) in [5, 5.41) is 13.5. The molecule has 3 aromatic carbocycles. The molecule has 2 heterocycles. The second-order valence-corrected chi connectivity index (χ2v) is 5.74. The number of fused-ring (bicyclic) bond motifs is 2. The molecule has 0 unspecified atom stereocenters. The smallest absolute Gasteiger partial charge is 0.258 e. The van der Waals surface area contributed by atoms with E-state index in [0.29, 0.717) is 27.7 Å². The Labute approximate surface area is 135 Å². The van der Waals surface area contributed by atoms with Crippen molar-refractivity contribution in [1.82, 2.24) is 4.98 Å². The molecule has 5 heteroatoms. The highest BCUT2D eigenvalue weighted by Gasteiger charge is 2.18. The number of aromatic amines is 1. The van der Waals surface area contributed by atoms with Crippen molar-refractivity contribution in [1.29, 1.82) is 0 Å². The minimum absolute atomic E-state index is 0.144. The van der Waals surface area contributed by atoms with E-state index in [1.165, 1.54) is 0 Å². The monoisotopic (exact) mass is 313 g/mol. The van der Waals surface area contributed by atoms with E-state index in [2.05, 4.69) is 15.0 Å². The van der Waals surface area contributed by atoms with Gasteiger partial charge in [0, 0.05) is 27.1 Å². The number of hydrogen-bond donors (Lipinski definition) is 2. The summed E-state index contributed by atoms with van der Waals surface area (Å²) in [6, 6.07) is 17.0. The molecule has 114 valence electrons. The van der Waals surface area contributed by atoms with Gasteiger partial charge in [-0.2, -0.15) is 0 Å². The maximum atomic E-state index is 12.1. The van der Waals surface area contributed by atoms with Crippen LogP contribution in [0.15, 0.2) is 69.4 Å². The molecule has 0 saturated heterocycles. The minimum Gasteiger partial charge on any atom is -0.494 e. The van der Waals surface area contributed by atoms with Crippen molar-refractivity contribution in [3.8, 4) is 5.88 Å². The summed E-state index contributed by atoms with van der Waals surface area (Å²) in [5.74, 6) is 0.488. The molecule has 1 aromatic heterocycles. The second-order valence-electron chi connectivity index (χ2n) is 5.74. The Morgan fingerprint density at radius 2 is 1.67 bits per heavy atom. The van der Waals surface area contributed by atoms with Gasteiger partial charge >= 0.3 is 0 Å². The normalized spacial score (nSPS) is 13.1. The lowest BCUT2D eigenvalue weighted by molar-refractivity contribution is 0.459. The first-order valence-electron chi connectivity index (χ1n) is 7.55.